The van der Waals surface area contributed by atoms with Crippen molar-refractivity contribution in [2.75, 3.05) is 19.7 Å². The van der Waals surface area contributed by atoms with Crippen LogP contribution in [0.25, 0.3) is 0 Å². The van der Waals surface area contributed by atoms with Gasteiger partial charge in [-0.15, -0.1) is 0 Å². The first-order chi connectivity index (χ1) is 10.2. The number of aliphatic hydroxyl groups is 1. The third-order valence-corrected chi connectivity index (χ3v) is 3.45. The average molecular weight is 285 g/mol. The Morgan fingerprint density at radius 1 is 1.29 bits per heavy atom. The number of ether oxygens (including phenoxy) is 1. The van der Waals surface area contributed by atoms with E-state index < -0.39 is 6.10 Å². The minimum absolute atomic E-state index is 0.210. The predicted octanol–water partition coefficient (Wildman–Crippen LogP) is 1.68. The Bertz CT molecular complexity index is 526. The van der Waals surface area contributed by atoms with Gasteiger partial charge in [0.1, 0.15) is 18.5 Å². The maximum atomic E-state index is 10.1. The molecule has 5 nitrogen and oxygen atoms in total. The second kappa shape index (κ2) is 7.64. The van der Waals surface area contributed by atoms with Gasteiger partial charge in [0.05, 0.1) is 17.7 Å². The van der Waals surface area contributed by atoms with Gasteiger partial charge < -0.3 is 9.84 Å². The molecule has 1 unspecified atom stereocenters. The highest BCUT2D eigenvalue weighted by Crippen LogP contribution is 2.27. The molecule has 0 bridgehead atoms. The van der Waals surface area contributed by atoms with Gasteiger partial charge in [0.25, 0.3) is 0 Å². The summed E-state index contributed by atoms with van der Waals surface area (Å²) in [6, 6.07) is 11.5. The van der Waals surface area contributed by atoms with Gasteiger partial charge in [-0.25, -0.2) is 0 Å². The van der Waals surface area contributed by atoms with E-state index in [4.69, 9.17) is 15.3 Å². The summed E-state index contributed by atoms with van der Waals surface area (Å²) in [5.74, 6) is 0.642. The standard InChI is InChI=1S/C16H19N3O2/c17-8-1-9-19(14-4-5-14)11-15(20)12-21-16-6-2-13(10-18)3-7-16/h2-3,6-7,14-15,20H,1,4-5,9,11-12H2. The van der Waals surface area contributed by atoms with Crippen molar-refractivity contribution in [3.63, 3.8) is 0 Å². The van der Waals surface area contributed by atoms with Crippen LogP contribution in [-0.2, 0) is 0 Å². The molecule has 1 fully saturated rings. The maximum absolute atomic E-state index is 10.1. The fourth-order valence-electron chi connectivity index (χ4n) is 2.20. The quantitative estimate of drug-likeness (QED) is 0.786. The van der Waals surface area contributed by atoms with Crippen LogP contribution in [0.2, 0.25) is 0 Å². The molecule has 2 rings (SSSR count). The number of hydrogen-bond donors (Lipinski definition) is 1. The molecule has 0 heterocycles. The molecule has 5 heteroatoms. The minimum Gasteiger partial charge on any atom is -0.491 e. The zero-order chi connectivity index (χ0) is 15.1. The van der Waals surface area contributed by atoms with E-state index in [0.717, 1.165) is 12.8 Å². The molecule has 1 N–H and O–H groups in total. The van der Waals surface area contributed by atoms with E-state index in [2.05, 4.69) is 11.0 Å². The van der Waals surface area contributed by atoms with E-state index in [1.807, 2.05) is 6.07 Å². The molecule has 1 aliphatic carbocycles. The Hall–Kier alpha value is -2.08. The number of nitrogens with zero attached hydrogens (tertiary/aromatic N) is 3. The summed E-state index contributed by atoms with van der Waals surface area (Å²) in [5, 5.41) is 27.4. The second-order valence-electron chi connectivity index (χ2n) is 5.24. The van der Waals surface area contributed by atoms with E-state index >= 15 is 0 Å². The monoisotopic (exact) mass is 285 g/mol. The van der Waals surface area contributed by atoms with Gasteiger partial charge in [0.2, 0.25) is 0 Å². The first-order valence-electron chi connectivity index (χ1n) is 7.15. The molecular formula is C16H19N3O2. The Labute approximate surface area is 125 Å². The first-order valence-corrected chi connectivity index (χ1v) is 7.15. The minimum atomic E-state index is -0.583. The summed E-state index contributed by atoms with van der Waals surface area (Å²) in [7, 11) is 0. The topological polar surface area (TPSA) is 80.3 Å². The summed E-state index contributed by atoms with van der Waals surface area (Å²) >= 11 is 0. The molecule has 0 saturated heterocycles. The van der Waals surface area contributed by atoms with Crippen LogP contribution in [0.4, 0.5) is 0 Å². The first kappa shape index (κ1) is 15.3. The van der Waals surface area contributed by atoms with Crippen molar-refractivity contribution in [1.82, 2.24) is 4.90 Å². The third kappa shape index (κ3) is 5.07. The van der Waals surface area contributed by atoms with Gasteiger partial charge in [-0.1, -0.05) is 0 Å². The van der Waals surface area contributed by atoms with Crippen LogP contribution in [0, 0.1) is 22.7 Å². The van der Waals surface area contributed by atoms with Gasteiger partial charge >= 0.3 is 0 Å². The van der Waals surface area contributed by atoms with Crippen LogP contribution in [0.15, 0.2) is 24.3 Å². The molecule has 1 atom stereocenters. The molecule has 21 heavy (non-hydrogen) atoms. The molecule has 1 aromatic carbocycles. The highest BCUT2D eigenvalue weighted by atomic mass is 16.5. The zero-order valence-electron chi connectivity index (χ0n) is 11.9. The van der Waals surface area contributed by atoms with Crippen LogP contribution < -0.4 is 4.74 Å². The van der Waals surface area contributed by atoms with Crippen molar-refractivity contribution in [3.8, 4) is 17.9 Å². The van der Waals surface area contributed by atoms with E-state index in [-0.39, 0.29) is 6.61 Å². The highest BCUT2D eigenvalue weighted by molar-refractivity contribution is 5.34. The zero-order valence-corrected chi connectivity index (χ0v) is 11.9. The fourth-order valence-corrected chi connectivity index (χ4v) is 2.20. The molecule has 0 aromatic heterocycles. The smallest absolute Gasteiger partial charge is 0.119 e. The highest BCUT2D eigenvalue weighted by Gasteiger charge is 2.29. The lowest BCUT2D eigenvalue weighted by Crippen LogP contribution is -2.37. The number of aliphatic hydroxyl groups excluding tert-OH is 1. The largest absolute Gasteiger partial charge is 0.491 e. The van der Waals surface area contributed by atoms with Crippen molar-refractivity contribution in [2.24, 2.45) is 0 Å². The predicted molar refractivity (Wildman–Crippen MR) is 77.5 cm³/mol. The Morgan fingerprint density at radius 3 is 2.57 bits per heavy atom. The summed E-state index contributed by atoms with van der Waals surface area (Å²) in [6.45, 7) is 1.44. The SMILES string of the molecule is N#CCCN(CC(O)COc1ccc(C#N)cc1)C1CC1. The van der Waals surface area contributed by atoms with Crippen molar-refractivity contribution in [3.05, 3.63) is 29.8 Å². The summed E-state index contributed by atoms with van der Waals surface area (Å²) in [6.07, 6.45) is 2.20. The molecule has 0 aliphatic heterocycles. The Morgan fingerprint density at radius 2 is 2.00 bits per heavy atom. The van der Waals surface area contributed by atoms with Crippen LogP contribution >= 0.6 is 0 Å². The Kier molecular flexibility index (Phi) is 5.57. The molecule has 0 amide bonds. The van der Waals surface area contributed by atoms with E-state index in [9.17, 15) is 5.11 Å². The molecule has 0 radical (unpaired) electrons. The number of hydrogen-bond acceptors (Lipinski definition) is 5. The number of rotatable bonds is 8. The van der Waals surface area contributed by atoms with Crippen molar-refractivity contribution < 1.29 is 9.84 Å². The second-order valence-corrected chi connectivity index (χ2v) is 5.24. The van der Waals surface area contributed by atoms with Gasteiger partial charge in [0, 0.05) is 25.6 Å². The van der Waals surface area contributed by atoms with Gasteiger partial charge in [0.15, 0.2) is 0 Å². The molecule has 1 saturated carbocycles. The van der Waals surface area contributed by atoms with Gasteiger partial charge in [-0.3, -0.25) is 4.90 Å². The van der Waals surface area contributed by atoms with Gasteiger partial charge in [-0.2, -0.15) is 10.5 Å². The lowest BCUT2D eigenvalue weighted by molar-refractivity contribution is 0.0661. The van der Waals surface area contributed by atoms with Crippen molar-refractivity contribution in [2.45, 2.75) is 31.4 Å². The van der Waals surface area contributed by atoms with Crippen LogP contribution in [-0.4, -0.2) is 41.8 Å². The van der Waals surface area contributed by atoms with Crippen LogP contribution in [0.3, 0.4) is 0 Å². The maximum Gasteiger partial charge on any atom is 0.119 e. The molecule has 1 aliphatic rings. The van der Waals surface area contributed by atoms with E-state index in [1.165, 1.54) is 0 Å². The third-order valence-electron chi connectivity index (χ3n) is 3.45. The Balaban J connectivity index is 1.76. The van der Waals surface area contributed by atoms with Crippen molar-refractivity contribution >= 4 is 0 Å². The molecule has 1 aromatic rings. The van der Waals surface area contributed by atoms with Crippen LogP contribution in [0.1, 0.15) is 24.8 Å². The summed E-state index contributed by atoms with van der Waals surface area (Å²) < 4.78 is 5.52. The molecule has 0 spiro atoms. The fraction of sp³-hybridized carbons (Fsp3) is 0.500. The normalized spacial score (nSPS) is 15.2. The lowest BCUT2D eigenvalue weighted by atomic mass is 10.2. The van der Waals surface area contributed by atoms with Crippen molar-refractivity contribution in [1.29, 1.82) is 10.5 Å². The molecule has 110 valence electrons. The lowest BCUT2D eigenvalue weighted by Gasteiger charge is -2.24. The van der Waals surface area contributed by atoms with Gasteiger partial charge in [-0.05, 0) is 37.1 Å². The molecular weight excluding hydrogens is 266 g/mol. The van der Waals surface area contributed by atoms with E-state index in [0.29, 0.717) is 36.9 Å². The number of nitriles is 2. The van der Waals surface area contributed by atoms with Crippen LogP contribution in [0.5, 0.6) is 5.75 Å². The average Bonchev–Trinajstić information content (AvgIpc) is 3.34. The number of benzene rings is 1. The van der Waals surface area contributed by atoms with E-state index in [1.54, 1.807) is 24.3 Å². The summed E-state index contributed by atoms with van der Waals surface area (Å²) in [4.78, 5) is 2.16. The summed E-state index contributed by atoms with van der Waals surface area (Å²) in [5.41, 5.74) is 0.583.